The third-order valence-electron chi connectivity index (χ3n) is 3.54. The lowest BCUT2D eigenvalue weighted by atomic mass is 10.0. The molecule has 1 saturated heterocycles. The van der Waals surface area contributed by atoms with Crippen LogP contribution in [0, 0.1) is 0 Å². The lowest BCUT2D eigenvalue weighted by Gasteiger charge is -2.20. The zero-order valence-corrected chi connectivity index (χ0v) is 11.5. The second kappa shape index (κ2) is 6.93. The Morgan fingerprint density at radius 3 is 2.60 bits per heavy atom. The number of carbonyl (C=O) groups excluding carboxylic acids is 1. The summed E-state index contributed by atoms with van der Waals surface area (Å²) in [6, 6.07) is 6.82. The number of rotatable bonds is 5. The second-order valence-electron chi connectivity index (χ2n) is 4.84. The summed E-state index contributed by atoms with van der Waals surface area (Å²) in [6.45, 7) is 2.83. The molecule has 0 amide bonds. The zero-order valence-electron chi connectivity index (χ0n) is 11.5. The first-order chi connectivity index (χ1) is 9.74. The maximum Gasteiger partial charge on any atom is 0.337 e. The van der Waals surface area contributed by atoms with Gasteiger partial charge in [0.15, 0.2) is 0 Å². The highest BCUT2D eigenvalue weighted by atomic mass is 16.5. The van der Waals surface area contributed by atoms with Gasteiger partial charge in [-0.3, -0.25) is 0 Å². The molecule has 2 rings (SSSR count). The molecule has 0 radical (unpaired) electrons. The van der Waals surface area contributed by atoms with Crippen LogP contribution in [0.4, 0.5) is 0 Å². The minimum atomic E-state index is -0.364. The molecule has 0 aromatic heterocycles. The maximum atomic E-state index is 11.4. The van der Waals surface area contributed by atoms with Gasteiger partial charge in [-0.1, -0.05) is 17.2 Å². The van der Waals surface area contributed by atoms with Crippen molar-refractivity contribution in [2.45, 2.75) is 18.9 Å². The molecule has 0 N–H and O–H groups in total. The van der Waals surface area contributed by atoms with Gasteiger partial charge in [0.25, 0.3) is 0 Å². The SMILES string of the molecule is COC(=O)c1ccc(C(CN2CCCC2)N=[N+]=[N-])cc1. The van der Waals surface area contributed by atoms with Crippen LogP contribution in [-0.4, -0.2) is 37.6 Å². The van der Waals surface area contributed by atoms with Crippen LogP contribution < -0.4 is 0 Å². The number of carbonyl (C=O) groups is 1. The minimum Gasteiger partial charge on any atom is -0.465 e. The van der Waals surface area contributed by atoms with Crippen LogP contribution in [0.1, 0.15) is 34.8 Å². The smallest absolute Gasteiger partial charge is 0.337 e. The highest BCUT2D eigenvalue weighted by molar-refractivity contribution is 5.89. The highest BCUT2D eigenvalue weighted by Crippen LogP contribution is 2.22. The van der Waals surface area contributed by atoms with E-state index in [4.69, 9.17) is 5.53 Å². The van der Waals surface area contributed by atoms with E-state index in [0.717, 1.165) is 25.2 Å². The Hall–Kier alpha value is -2.04. The molecule has 1 heterocycles. The van der Waals surface area contributed by atoms with Crippen LogP contribution in [0.2, 0.25) is 0 Å². The number of azide groups is 1. The topological polar surface area (TPSA) is 78.3 Å². The van der Waals surface area contributed by atoms with Gasteiger partial charge in [0.2, 0.25) is 0 Å². The van der Waals surface area contributed by atoms with Crippen molar-refractivity contribution < 1.29 is 9.53 Å². The van der Waals surface area contributed by atoms with Crippen LogP contribution in [0.3, 0.4) is 0 Å². The van der Waals surface area contributed by atoms with Gasteiger partial charge in [0, 0.05) is 11.5 Å². The fourth-order valence-corrected chi connectivity index (χ4v) is 2.44. The Labute approximate surface area is 118 Å². The molecule has 1 aliphatic heterocycles. The number of benzene rings is 1. The van der Waals surface area contributed by atoms with Gasteiger partial charge in [-0.2, -0.15) is 0 Å². The summed E-state index contributed by atoms with van der Waals surface area (Å²) in [5, 5.41) is 3.88. The van der Waals surface area contributed by atoms with Gasteiger partial charge in [0.05, 0.1) is 18.7 Å². The van der Waals surface area contributed by atoms with E-state index in [-0.39, 0.29) is 12.0 Å². The summed E-state index contributed by atoms with van der Waals surface area (Å²) in [4.78, 5) is 16.6. The molecule has 6 nitrogen and oxygen atoms in total. The molecular formula is C14H18N4O2. The van der Waals surface area contributed by atoms with E-state index >= 15 is 0 Å². The van der Waals surface area contributed by atoms with Crippen LogP contribution >= 0.6 is 0 Å². The van der Waals surface area contributed by atoms with E-state index in [1.807, 2.05) is 12.1 Å². The Morgan fingerprint density at radius 2 is 2.05 bits per heavy atom. The number of hydrogen-bond donors (Lipinski definition) is 0. The minimum absolute atomic E-state index is 0.218. The molecule has 0 spiro atoms. The molecule has 6 heteroatoms. The number of hydrogen-bond acceptors (Lipinski definition) is 4. The Balaban J connectivity index is 2.12. The number of esters is 1. The van der Waals surface area contributed by atoms with Gasteiger partial charge in [-0.15, -0.1) is 0 Å². The molecular weight excluding hydrogens is 256 g/mol. The predicted octanol–water partition coefficient (Wildman–Crippen LogP) is 2.92. The van der Waals surface area contributed by atoms with E-state index in [2.05, 4.69) is 19.7 Å². The van der Waals surface area contributed by atoms with Crippen molar-refractivity contribution in [1.82, 2.24) is 4.90 Å². The fraction of sp³-hybridized carbons (Fsp3) is 0.500. The first-order valence-electron chi connectivity index (χ1n) is 6.69. The molecule has 0 aliphatic carbocycles. The van der Waals surface area contributed by atoms with Crippen LogP contribution in [0.5, 0.6) is 0 Å². The van der Waals surface area contributed by atoms with Crippen LogP contribution in [0.15, 0.2) is 29.4 Å². The van der Waals surface area contributed by atoms with Crippen molar-refractivity contribution in [2.24, 2.45) is 5.11 Å². The Morgan fingerprint density at radius 1 is 1.40 bits per heavy atom. The van der Waals surface area contributed by atoms with Crippen molar-refractivity contribution in [3.05, 3.63) is 45.8 Å². The van der Waals surface area contributed by atoms with Gasteiger partial charge in [-0.25, -0.2) is 4.79 Å². The summed E-state index contributed by atoms with van der Waals surface area (Å²) < 4.78 is 4.66. The summed E-state index contributed by atoms with van der Waals surface area (Å²) in [5.41, 5.74) is 10.1. The number of likely N-dealkylation sites (tertiary alicyclic amines) is 1. The van der Waals surface area contributed by atoms with Crippen molar-refractivity contribution in [3.63, 3.8) is 0 Å². The molecule has 1 unspecified atom stereocenters. The monoisotopic (exact) mass is 274 g/mol. The Bertz CT molecular complexity index is 502. The van der Waals surface area contributed by atoms with E-state index in [0.29, 0.717) is 5.56 Å². The van der Waals surface area contributed by atoms with E-state index < -0.39 is 0 Å². The molecule has 1 aromatic carbocycles. The zero-order chi connectivity index (χ0) is 14.4. The van der Waals surface area contributed by atoms with Crippen molar-refractivity contribution >= 4 is 5.97 Å². The number of ether oxygens (including phenoxy) is 1. The molecule has 20 heavy (non-hydrogen) atoms. The third-order valence-corrected chi connectivity index (χ3v) is 3.54. The molecule has 0 bridgehead atoms. The maximum absolute atomic E-state index is 11.4. The highest BCUT2D eigenvalue weighted by Gasteiger charge is 2.18. The first kappa shape index (κ1) is 14.4. The molecule has 1 fully saturated rings. The summed E-state index contributed by atoms with van der Waals surface area (Å²) in [6.07, 6.45) is 2.40. The molecule has 106 valence electrons. The number of methoxy groups -OCH3 is 1. The predicted molar refractivity (Wildman–Crippen MR) is 75.3 cm³/mol. The fourth-order valence-electron chi connectivity index (χ4n) is 2.44. The van der Waals surface area contributed by atoms with Gasteiger partial charge < -0.3 is 9.64 Å². The Kier molecular flexibility index (Phi) is 4.98. The average molecular weight is 274 g/mol. The first-order valence-corrected chi connectivity index (χ1v) is 6.69. The lowest BCUT2D eigenvalue weighted by molar-refractivity contribution is 0.0600. The molecule has 1 aromatic rings. The largest absolute Gasteiger partial charge is 0.465 e. The van der Waals surface area contributed by atoms with E-state index in [9.17, 15) is 4.79 Å². The molecule has 1 aliphatic rings. The quantitative estimate of drug-likeness (QED) is 0.358. The van der Waals surface area contributed by atoms with Gasteiger partial charge in [0.1, 0.15) is 0 Å². The normalized spacial score (nSPS) is 16.4. The second-order valence-corrected chi connectivity index (χ2v) is 4.84. The van der Waals surface area contributed by atoms with Crippen molar-refractivity contribution in [2.75, 3.05) is 26.7 Å². The lowest BCUT2D eigenvalue weighted by Crippen LogP contribution is -2.24. The van der Waals surface area contributed by atoms with Crippen molar-refractivity contribution in [1.29, 1.82) is 0 Å². The van der Waals surface area contributed by atoms with Crippen LogP contribution in [0.25, 0.3) is 10.4 Å². The number of nitrogens with zero attached hydrogens (tertiary/aromatic N) is 4. The van der Waals surface area contributed by atoms with E-state index in [1.54, 1.807) is 12.1 Å². The summed E-state index contributed by atoms with van der Waals surface area (Å²) >= 11 is 0. The summed E-state index contributed by atoms with van der Waals surface area (Å²) in [5.74, 6) is -0.364. The van der Waals surface area contributed by atoms with Gasteiger partial charge in [-0.05, 0) is 49.2 Å². The van der Waals surface area contributed by atoms with Gasteiger partial charge >= 0.3 is 5.97 Å². The molecule has 1 atom stereocenters. The van der Waals surface area contributed by atoms with E-state index in [1.165, 1.54) is 20.0 Å². The average Bonchev–Trinajstić information content (AvgIpc) is 2.99. The summed E-state index contributed by atoms with van der Waals surface area (Å²) in [7, 11) is 1.35. The van der Waals surface area contributed by atoms with Crippen molar-refractivity contribution in [3.8, 4) is 0 Å². The standard InChI is InChI=1S/C14H18N4O2/c1-20-14(19)12-6-4-11(5-7-12)13(16-17-15)10-18-8-2-3-9-18/h4-7,13H,2-3,8-10H2,1H3. The van der Waals surface area contributed by atoms with Crippen LogP contribution in [-0.2, 0) is 4.74 Å². The third kappa shape index (κ3) is 3.50. The molecule has 0 saturated carbocycles.